The van der Waals surface area contributed by atoms with E-state index in [4.69, 9.17) is 10.2 Å². The van der Waals surface area contributed by atoms with Crippen LogP contribution in [0.25, 0.3) is 0 Å². The molecule has 0 aromatic heterocycles. The number of anilines is 1. The van der Waals surface area contributed by atoms with Gasteiger partial charge in [-0.05, 0) is 37.5 Å². The van der Waals surface area contributed by atoms with E-state index in [0.29, 0.717) is 11.1 Å². The van der Waals surface area contributed by atoms with Gasteiger partial charge in [-0.1, -0.05) is 41.5 Å². The number of carbonyl (C=O) groups is 3. The standard InChI is InChI=1S/C22H35N3O9.3C2H6/c1-11-18(21(33)23-5-15(30)8-26)12(2)20(25(14(4)29)7-17(32)10-28)13(3)19(11)22(34)24-6-16(31)9-27;3*1-2/h15-17,26-28,30-32H,5-10H2,1-4H3,(H,23,33)(H,24,34);3*1-2H3. The molecule has 12 nitrogen and oxygen atoms in total. The average Bonchev–Trinajstić information content (AvgIpc) is 2.96. The van der Waals surface area contributed by atoms with Gasteiger partial charge >= 0.3 is 0 Å². The summed E-state index contributed by atoms with van der Waals surface area (Å²) >= 11 is 0. The number of benzene rings is 1. The molecule has 0 aliphatic rings. The van der Waals surface area contributed by atoms with Crippen molar-refractivity contribution in [1.82, 2.24) is 10.6 Å². The zero-order valence-corrected chi connectivity index (χ0v) is 25.8. The van der Waals surface area contributed by atoms with Gasteiger partial charge in [0.2, 0.25) is 5.91 Å². The Balaban J connectivity index is -0.00000213. The lowest BCUT2D eigenvalue weighted by Crippen LogP contribution is -2.40. The fourth-order valence-corrected chi connectivity index (χ4v) is 3.66. The van der Waals surface area contributed by atoms with E-state index in [-0.39, 0.29) is 42.0 Å². The number of aliphatic hydroxyl groups is 6. The molecule has 8 N–H and O–H groups in total. The Morgan fingerprint density at radius 2 is 0.975 bits per heavy atom. The van der Waals surface area contributed by atoms with Gasteiger partial charge in [-0.3, -0.25) is 14.4 Å². The molecular formula is C28H53N3O9. The molecule has 0 spiro atoms. The molecule has 0 heterocycles. The average molecular weight is 576 g/mol. The topological polar surface area (TPSA) is 200 Å². The lowest BCUT2D eigenvalue weighted by Gasteiger charge is -2.30. The van der Waals surface area contributed by atoms with Gasteiger partial charge in [-0.2, -0.15) is 0 Å². The number of carbonyl (C=O) groups excluding carboxylic acids is 3. The maximum atomic E-state index is 13.0. The maximum absolute atomic E-state index is 13.0. The van der Waals surface area contributed by atoms with Crippen molar-refractivity contribution in [1.29, 1.82) is 0 Å². The molecule has 0 fully saturated rings. The van der Waals surface area contributed by atoms with Gasteiger partial charge in [0.1, 0.15) is 0 Å². The van der Waals surface area contributed by atoms with Gasteiger partial charge in [0, 0.05) is 31.1 Å². The molecular weight excluding hydrogens is 522 g/mol. The number of hydrogen-bond donors (Lipinski definition) is 8. The van der Waals surface area contributed by atoms with Crippen LogP contribution in [-0.2, 0) is 4.79 Å². The lowest BCUT2D eigenvalue weighted by atomic mass is 9.89. The van der Waals surface area contributed by atoms with E-state index in [0.717, 1.165) is 4.90 Å². The Morgan fingerprint density at radius 3 is 1.25 bits per heavy atom. The van der Waals surface area contributed by atoms with E-state index in [1.807, 2.05) is 41.5 Å². The minimum atomic E-state index is -1.28. The van der Waals surface area contributed by atoms with Crippen molar-refractivity contribution in [3.8, 4) is 0 Å². The summed E-state index contributed by atoms with van der Waals surface area (Å²) in [6.45, 7) is 15.3. The molecule has 3 amide bonds. The second kappa shape index (κ2) is 23.1. The van der Waals surface area contributed by atoms with Crippen LogP contribution in [0.5, 0.6) is 0 Å². The van der Waals surface area contributed by atoms with E-state index in [1.165, 1.54) is 13.8 Å². The quantitative estimate of drug-likeness (QED) is 0.175. The summed E-state index contributed by atoms with van der Waals surface area (Å²) in [4.78, 5) is 39.7. The molecule has 0 aliphatic carbocycles. The van der Waals surface area contributed by atoms with Crippen LogP contribution >= 0.6 is 0 Å². The Hall–Kier alpha value is -2.61. The molecule has 3 unspecified atom stereocenters. The van der Waals surface area contributed by atoms with Crippen molar-refractivity contribution < 1.29 is 45.0 Å². The lowest BCUT2D eigenvalue weighted by molar-refractivity contribution is -0.117. The summed E-state index contributed by atoms with van der Waals surface area (Å²) in [6, 6.07) is 0. The third-order valence-corrected chi connectivity index (χ3v) is 5.34. The first-order chi connectivity index (χ1) is 18.9. The smallest absolute Gasteiger partial charge is 0.252 e. The summed E-state index contributed by atoms with van der Waals surface area (Å²) in [6.07, 6.45) is -3.69. The van der Waals surface area contributed by atoms with Crippen molar-refractivity contribution in [3.05, 3.63) is 27.8 Å². The SMILES string of the molecule is CC.CC.CC.CC(=O)N(CC(O)CO)c1c(C)c(C(=O)NCC(O)CO)c(C)c(C(=O)NCC(O)CO)c1C. The normalized spacial score (nSPS) is 12.1. The van der Waals surface area contributed by atoms with E-state index < -0.39 is 55.9 Å². The zero-order valence-electron chi connectivity index (χ0n) is 25.8. The Bertz CT molecular complexity index is 841. The van der Waals surface area contributed by atoms with Crippen molar-refractivity contribution in [2.75, 3.05) is 44.4 Å². The van der Waals surface area contributed by atoms with Gasteiger partial charge in [0.25, 0.3) is 11.8 Å². The van der Waals surface area contributed by atoms with Crippen LogP contribution in [0.3, 0.4) is 0 Å². The Morgan fingerprint density at radius 1 is 0.650 bits per heavy atom. The van der Waals surface area contributed by atoms with E-state index in [2.05, 4.69) is 10.6 Å². The van der Waals surface area contributed by atoms with E-state index >= 15 is 0 Å². The van der Waals surface area contributed by atoms with Gasteiger partial charge in [0.15, 0.2) is 0 Å². The van der Waals surface area contributed by atoms with Crippen molar-refractivity contribution in [3.63, 3.8) is 0 Å². The highest BCUT2D eigenvalue weighted by Crippen LogP contribution is 2.34. The number of rotatable bonds is 12. The highest BCUT2D eigenvalue weighted by molar-refractivity contribution is 6.08. The summed E-state index contributed by atoms with van der Waals surface area (Å²) < 4.78 is 0. The number of amides is 3. The monoisotopic (exact) mass is 575 g/mol. The van der Waals surface area contributed by atoms with Crippen LogP contribution < -0.4 is 15.5 Å². The highest BCUT2D eigenvalue weighted by atomic mass is 16.3. The molecule has 1 aromatic rings. The molecule has 0 radical (unpaired) electrons. The fraction of sp³-hybridized carbons (Fsp3) is 0.679. The molecule has 12 heteroatoms. The largest absolute Gasteiger partial charge is 0.394 e. The van der Waals surface area contributed by atoms with Crippen LogP contribution in [0, 0.1) is 20.8 Å². The highest BCUT2D eigenvalue weighted by Gasteiger charge is 2.30. The predicted molar refractivity (Wildman–Crippen MR) is 157 cm³/mol. The maximum Gasteiger partial charge on any atom is 0.252 e. The van der Waals surface area contributed by atoms with Crippen LogP contribution in [0.2, 0.25) is 0 Å². The number of aliphatic hydroxyl groups excluding tert-OH is 6. The summed E-state index contributed by atoms with van der Waals surface area (Å²) in [5.74, 6) is -1.84. The predicted octanol–water partition coefficient (Wildman–Crippen LogP) is 0.563. The third-order valence-electron chi connectivity index (χ3n) is 5.34. The molecule has 0 bridgehead atoms. The van der Waals surface area contributed by atoms with Crippen LogP contribution in [0.1, 0.15) is 85.9 Å². The Labute approximate surface area is 239 Å². The first-order valence-electron chi connectivity index (χ1n) is 13.8. The van der Waals surface area contributed by atoms with Gasteiger partial charge in [-0.25, -0.2) is 0 Å². The van der Waals surface area contributed by atoms with Crippen molar-refractivity contribution in [2.24, 2.45) is 0 Å². The molecule has 40 heavy (non-hydrogen) atoms. The molecule has 0 saturated carbocycles. The summed E-state index contributed by atoms with van der Waals surface area (Å²) in [5, 5.41) is 61.4. The van der Waals surface area contributed by atoms with Gasteiger partial charge < -0.3 is 46.2 Å². The first kappa shape index (κ1) is 41.9. The van der Waals surface area contributed by atoms with Crippen LogP contribution in [0.4, 0.5) is 5.69 Å². The molecule has 1 aromatic carbocycles. The van der Waals surface area contributed by atoms with Crippen molar-refractivity contribution >= 4 is 23.4 Å². The van der Waals surface area contributed by atoms with E-state index in [1.54, 1.807) is 13.8 Å². The molecule has 1 rings (SSSR count). The molecule has 0 saturated heterocycles. The second-order valence-electron chi connectivity index (χ2n) is 8.03. The number of nitrogens with one attached hydrogen (secondary N) is 2. The van der Waals surface area contributed by atoms with Gasteiger partial charge in [-0.15, -0.1) is 0 Å². The second-order valence-corrected chi connectivity index (χ2v) is 8.03. The van der Waals surface area contributed by atoms with E-state index in [9.17, 15) is 34.8 Å². The molecule has 0 aliphatic heterocycles. The van der Waals surface area contributed by atoms with Crippen LogP contribution in [-0.4, -0.2) is 106 Å². The fourth-order valence-electron chi connectivity index (χ4n) is 3.66. The first-order valence-corrected chi connectivity index (χ1v) is 13.8. The number of hydrogen-bond acceptors (Lipinski definition) is 9. The summed E-state index contributed by atoms with van der Waals surface area (Å²) in [5.41, 5.74) is 1.17. The molecule has 3 atom stereocenters. The zero-order chi connectivity index (χ0) is 32.2. The third kappa shape index (κ3) is 12.7. The minimum Gasteiger partial charge on any atom is -0.394 e. The number of nitrogens with zero attached hydrogens (tertiary/aromatic N) is 1. The Kier molecular flexibility index (Phi) is 24.2. The molecule has 234 valence electrons. The van der Waals surface area contributed by atoms with Gasteiger partial charge in [0.05, 0.1) is 50.4 Å². The minimum absolute atomic E-state index is 0.0448. The van der Waals surface area contributed by atoms with Crippen molar-refractivity contribution in [2.45, 2.75) is 87.5 Å². The summed E-state index contributed by atoms with van der Waals surface area (Å²) in [7, 11) is 0. The van der Waals surface area contributed by atoms with Crippen LogP contribution in [0.15, 0.2) is 0 Å².